The van der Waals surface area contributed by atoms with Crippen LogP contribution in [0.3, 0.4) is 0 Å². The van der Waals surface area contributed by atoms with Crippen LogP contribution in [0.5, 0.6) is 11.5 Å². The summed E-state index contributed by atoms with van der Waals surface area (Å²) < 4.78 is 11.7. The fraction of sp³-hybridized carbons (Fsp3) is 0.300. The Balaban J connectivity index is 1.58. The first-order chi connectivity index (χ1) is 15.2. The minimum absolute atomic E-state index is 0.243. The number of methoxy groups -OCH3 is 1. The number of halogens is 1. The fourth-order valence-corrected chi connectivity index (χ4v) is 4.30. The molecule has 0 radical (unpaired) electrons. The van der Waals surface area contributed by atoms with Crippen LogP contribution in [0, 0.1) is 11.3 Å². The Kier molecular flexibility index (Phi) is 6.76. The number of ether oxygens (including phenoxy) is 2. The number of aromatic nitrogens is 4. The molecule has 0 aliphatic carbocycles. The normalized spacial score (nSPS) is 15.8. The standard InChI is InChI=1S/C20H20ClN7O2S/c1-29-16-4-12(21)5-17(30-11-14-9-23-2-3-31-14)20(16)15-6-18(28-27-15)26-19-10-24-13(7-22)8-25-19/h4-6,8,10,14,23H,2-3,9,11H2,1H3,(H2,25,26,27,28)/t14-/m1/s1. The molecule has 2 aromatic heterocycles. The van der Waals surface area contributed by atoms with Gasteiger partial charge in [0.2, 0.25) is 0 Å². The van der Waals surface area contributed by atoms with E-state index < -0.39 is 0 Å². The molecule has 0 bridgehead atoms. The van der Waals surface area contributed by atoms with Crippen LogP contribution in [0.1, 0.15) is 5.69 Å². The van der Waals surface area contributed by atoms with E-state index in [0.717, 1.165) is 24.4 Å². The second-order valence-corrected chi connectivity index (χ2v) is 8.52. The summed E-state index contributed by atoms with van der Waals surface area (Å²) in [6, 6.07) is 7.27. The summed E-state index contributed by atoms with van der Waals surface area (Å²) in [5, 5.41) is 23.5. The monoisotopic (exact) mass is 457 g/mol. The van der Waals surface area contributed by atoms with Crippen LogP contribution in [-0.4, -0.2) is 58.0 Å². The van der Waals surface area contributed by atoms with Gasteiger partial charge >= 0.3 is 0 Å². The number of H-pyrrole nitrogens is 1. The molecule has 1 aromatic carbocycles. The highest BCUT2D eigenvalue weighted by molar-refractivity contribution is 8.00. The number of nitrogens with one attached hydrogen (secondary N) is 3. The SMILES string of the molecule is COc1cc(Cl)cc(OC[C@H]2CNCCS2)c1-c1cc(Nc2cnc(C#N)cn2)n[nH]1. The molecule has 9 nitrogen and oxygen atoms in total. The summed E-state index contributed by atoms with van der Waals surface area (Å²) in [4.78, 5) is 8.14. The smallest absolute Gasteiger partial charge is 0.158 e. The number of anilines is 2. The molecule has 0 spiro atoms. The molecule has 0 saturated carbocycles. The molecule has 4 rings (SSSR count). The Morgan fingerprint density at radius 1 is 1.26 bits per heavy atom. The minimum Gasteiger partial charge on any atom is -0.496 e. The van der Waals surface area contributed by atoms with Crippen LogP contribution in [0.15, 0.2) is 30.6 Å². The van der Waals surface area contributed by atoms with E-state index in [-0.39, 0.29) is 5.69 Å². The fourth-order valence-electron chi connectivity index (χ4n) is 3.10. The summed E-state index contributed by atoms with van der Waals surface area (Å²) in [6.07, 6.45) is 2.86. The third-order valence-electron chi connectivity index (χ3n) is 4.55. The zero-order valence-corrected chi connectivity index (χ0v) is 18.3. The molecule has 0 amide bonds. The lowest BCUT2D eigenvalue weighted by molar-refractivity contribution is 0.311. The lowest BCUT2D eigenvalue weighted by Gasteiger charge is -2.23. The van der Waals surface area contributed by atoms with E-state index in [2.05, 4.69) is 30.8 Å². The zero-order chi connectivity index (χ0) is 21.6. The Morgan fingerprint density at radius 2 is 2.13 bits per heavy atom. The number of aromatic amines is 1. The maximum atomic E-state index is 8.84. The van der Waals surface area contributed by atoms with E-state index in [0.29, 0.717) is 45.7 Å². The number of thioether (sulfide) groups is 1. The number of rotatable bonds is 7. The van der Waals surface area contributed by atoms with Gasteiger partial charge in [-0.3, -0.25) is 5.10 Å². The van der Waals surface area contributed by atoms with Gasteiger partial charge in [-0.1, -0.05) is 11.6 Å². The van der Waals surface area contributed by atoms with E-state index >= 15 is 0 Å². The molecular weight excluding hydrogens is 438 g/mol. The minimum atomic E-state index is 0.243. The first-order valence-electron chi connectivity index (χ1n) is 9.54. The third-order valence-corrected chi connectivity index (χ3v) is 5.98. The first-order valence-corrected chi connectivity index (χ1v) is 11.0. The summed E-state index contributed by atoms with van der Waals surface area (Å²) in [6.45, 7) is 2.47. The molecular formula is C20H20ClN7O2S. The van der Waals surface area contributed by atoms with Crippen molar-refractivity contribution in [1.82, 2.24) is 25.5 Å². The van der Waals surface area contributed by atoms with Crippen molar-refractivity contribution in [1.29, 1.82) is 5.26 Å². The molecule has 1 atom stereocenters. The summed E-state index contributed by atoms with van der Waals surface area (Å²) >= 11 is 8.18. The van der Waals surface area contributed by atoms with Crippen LogP contribution in [0.2, 0.25) is 5.02 Å². The summed E-state index contributed by atoms with van der Waals surface area (Å²) in [5.41, 5.74) is 1.67. The number of benzene rings is 1. The Labute approximate surface area is 188 Å². The molecule has 31 heavy (non-hydrogen) atoms. The molecule has 0 unspecified atom stereocenters. The van der Waals surface area contributed by atoms with Crippen molar-refractivity contribution in [3.05, 3.63) is 41.3 Å². The highest BCUT2D eigenvalue weighted by Gasteiger charge is 2.20. The number of nitrogens with zero attached hydrogens (tertiary/aromatic N) is 4. The van der Waals surface area contributed by atoms with Gasteiger partial charge < -0.3 is 20.1 Å². The van der Waals surface area contributed by atoms with Gasteiger partial charge in [-0.2, -0.15) is 22.1 Å². The highest BCUT2D eigenvalue weighted by atomic mass is 35.5. The Bertz CT molecular complexity index is 1080. The molecule has 1 fully saturated rings. The van der Waals surface area contributed by atoms with Gasteiger partial charge in [0.1, 0.15) is 30.0 Å². The molecule has 1 aliphatic rings. The van der Waals surface area contributed by atoms with Gasteiger partial charge in [0, 0.05) is 29.9 Å². The number of nitriles is 1. The van der Waals surface area contributed by atoms with E-state index in [1.807, 2.05) is 23.9 Å². The molecule has 11 heteroatoms. The van der Waals surface area contributed by atoms with Crippen molar-refractivity contribution in [2.75, 3.05) is 37.9 Å². The quantitative estimate of drug-likeness (QED) is 0.490. The third kappa shape index (κ3) is 5.19. The van der Waals surface area contributed by atoms with Crippen molar-refractivity contribution < 1.29 is 9.47 Å². The average Bonchev–Trinajstić information content (AvgIpc) is 3.26. The molecule has 160 valence electrons. The first kappa shape index (κ1) is 21.2. The number of hydrogen-bond donors (Lipinski definition) is 3. The van der Waals surface area contributed by atoms with Gasteiger partial charge in [-0.25, -0.2) is 9.97 Å². The van der Waals surface area contributed by atoms with Gasteiger partial charge in [0.25, 0.3) is 0 Å². The topological polar surface area (TPSA) is 121 Å². The van der Waals surface area contributed by atoms with Crippen molar-refractivity contribution in [3.63, 3.8) is 0 Å². The molecule has 1 saturated heterocycles. The van der Waals surface area contributed by atoms with Crippen LogP contribution in [-0.2, 0) is 0 Å². The Morgan fingerprint density at radius 3 is 2.84 bits per heavy atom. The van der Waals surface area contributed by atoms with Crippen molar-refractivity contribution >= 4 is 35.0 Å². The van der Waals surface area contributed by atoms with Crippen LogP contribution >= 0.6 is 23.4 Å². The van der Waals surface area contributed by atoms with Gasteiger partial charge in [-0.15, -0.1) is 0 Å². The predicted octanol–water partition coefficient (Wildman–Crippen LogP) is 3.23. The molecule has 3 N–H and O–H groups in total. The average molecular weight is 458 g/mol. The number of hydrogen-bond acceptors (Lipinski definition) is 9. The van der Waals surface area contributed by atoms with E-state index in [9.17, 15) is 0 Å². The van der Waals surface area contributed by atoms with Crippen LogP contribution in [0.4, 0.5) is 11.6 Å². The van der Waals surface area contributed by atoms with E-state index in [4.69, 9.17) is 26.3 Å². The van der Waals surface area contributed by atoms with Crippen molar-refractivity contribution in [3.8, 4) is 28.8 Å². The van der Waals surface area contributed by atoms with E-state index in [1.165, 1.54) is 12.4 Å². The van der Waals surface area contributed by atoms with Crippen LogP contribution < -0.4 is 20.1 Å². The molecule has 3 aromatic rings. The summed E-state index contributed by atoms with van der Waals surface area (Å²) in [5.74, 6) is 3.25. The van der Waals surface area contributed by atoms with Gasteiger partial charge in [0.15, 0.2) is 11.5 Å². The van der Waals surface area contributed by atoms with E-state index in [1.54, 1.807) is 19.2 Å². The maximum absolute atomic E-state index is 8.84. The van der Waals surface area contributed by atoms with Crippen LogP contribution in [0.25, 0.3) is 11.3 Å². The zero-order valence-electron chi connectivity index (χ0n) is 16.7. The highest BCUT2D eigenvalue weighted by Crippen LogP contribution is 2.41. The lowest BCUT2D eigenvalue weighted by Crippen LogP contribution is -2.36. The predicted molar refractivity (Wildman–Crippen MR) is 120 cm³/mol. The molecule has 1 aliphatic heterocycles. The van der Waals surface area contributed by atoms with Crippen molar-refractivity contribution in [2.24, 2.45) is 0 Å². The molecule has 3 heterocycles. The second kappa shape index (κ2) is 9.87. The van der Waals surface area contributed by atoms with Crippen molar-refractivity contribution in [2.45, 2.75) is 5.25 Å². The lowest BCUT2D eigenvalue weighted by atomic mass is 10.1. The maximum Gasteiger partial charge on any atom is 0.158 e. The second-order valence-electron chi connectivity index (χ2n) is 6.68. The largest absolute Gasteiger partial charge is 0.496 e. The van der Waals surface area contributed by atoms with Gasteiger partial charge in [0.05, 0.1) is 36.0 Å². The summed E-state index contributed by atoms with van der Waals surface area (Å²) in [7, 11) is 1.59. The van der Waals surface area contributed by atoms with Gasteiger partial charge in [-0.05, 0) is 12.1 Å². The Hall–Kier alpha value is -3.00.